The highest BCUT2D eigenvalue weighted by Crippen LogP contribution is 2.37. The molecule has 0 bridgehead atoms. The van der Waals surface area contributed by atoms with Gasteiger partial charge in [0.25, 0.3) is 0 Å². The molecule has 1 aromatic carbocycles. The minimum atomic E-state index is -1.63. The lowest BCUT2D eigenvalue weighted by Gasteiger charge is -2.25. The van der Waals surface area contributed by atoms with Gasteiger partial charge in [0.1, 0.15) is 11.5 Å². The van der Waals surface area contributed by atoms with Crippen LogP contribution in [-0.4, -0.2) is 16.6 Å². The van der Waals surface area contributed by atoms with Crippen LogP contribution >= 0.6 is 0 Å². The summed E-state index contributed by atoms with van der Waals surface area (Å²) in [6.45, 7) is 13.3. The predicted molar refractivity (Wildman–Crippen MR) is 85.9 cm³/mol. The first-order chi connectivity index (χ1) is 8.66. The van der Waals surface area contributed by atoms with Crippen molar-refractivity contribution in [2.45, 2.75) is 45.7 Å². The minimum Gasteiger partial charge on any atom is -0.544 e. The summed E-state index contributed by atoms with van der Waals surface area (Å²) in [5.74, 6) is 2.04. The van der Waals surface area contributed by atoms with Crippen molar-refractivity contribution in [2.75, 3.05) is 0 Å². The van der Waals surface area contributed by atoms with Gasteiger partial charge in [-0.3, -0.25) is 0 Å². The van der Waals surface area contributed by atoms with Gasteiger partial charge in [0.05, 0.1) is 0 Å². The predicted octanol–water partition coefficient (Wildman–Crippen LogP) is 4.61. The Bertz CT molecular complexity index is 508. The summed E-state index contributed by atoms with van der Waals surface area (Å²) < 4.78 is 12.6. The van der Waals surface area contributed by atoms with Crippen molar-refractivity contribution in [3.63, 3.8) is 0 Å². The number of hydrogen-bond donors (Lipinski definition) is 0. The molecule has 0 fully saturated rings. The Kier molecular flexibility index (Phi) is 3.66. The van der Waals surface area contributed by atoms with Crippen molar-refractivity contribution in [1.82, 2.24) is 0 Å². The lowest BCUT2D eigenvalue weighted by molar-refractivity contribution is 0.390. The van der Waals surface area contributed by atoms with Gasteiger partial charge in [0.15, 0.2) is 0 Å². The number of rotatable bonds is 4. The SMILES string of the molecule is C[Si](C)(C)OC1=C(O[Si](C)(C)C)c2ccccc2C1. The minimum absolute atomic E-state index is 0.875. The smallest absolute Gasteiger partial charge is 0.242 e. The molecule has 0 radical (unpaired) electrons. The van der Waals surface area contributed by atoms with Crippen LogP contribution in [0.1, 0.15) is 11.1 Å². The van der Waals surface area contributed by atoms with Crippen LogP contribution in [0.5, 0.6) is 0 Å². The molecule has 0 N–H and O–H groups in total. The molecule has 104 valence electrons. The molecule has 0 spiro atoms. The maximum atomic E-state index is 6.30. The molecule has 0 saturated heterocycles. The molecule has 0 unspecified atom stereocenters. The standard InChI is InChI=1S/C15H24O2Si2/c1-18(2,3)16-14-11-12-9-7-8-10-13(12)15(14)17-19(4,5)6/h7-10H,11H2,1-6H3. The summed E-state index contributed by atoms with van der Waals surface area (Å²) in [5.41, 5.74) is 2.54. The molecule has 4 heteroatoms. The molecule has 1 aliphatic carbocycles. The van der Waals surface area contributed by atoms with Crippen molar-refractivity contribution in [2.24, 2.45) is 0 Å². The summed E-state index contributed by atoms with van der Waals surface area (Å²) in [6, 6.07) is 8.47. The Hall–Kier alpha value is -1.01. The van der Waals surface area contributed by atoms with Gasteiger partial charge in [-0.1, -0.05) is 24.3 Å². The quantitative estimate of drug-likeness (QED) is 0.754. The van der Waals surface area contributed by atoms with Crippen molar-refractivity contribution >= 4 is 22.4 Å². The van der Waals surface area contributed by atoms with E-state index in [1.165, 1.54) is 11.1 Å². The fourth-order valence-electron chi connectivity index (χ4n) is 2.17. The van der Waals surface area contributed by atoms with E-state index in [0.717, 1.165) is 17.9 Å². The van der Waals surface area contributed by atoms with Gasteiger partial charge in [-0.05, 0) is 44.8 Å². The zero-order valence-electron chi connectivity index (χ0n) is 12.8. The second kappa shape index (κ2) is 4.83. The third kappa shape index (κ3) is 3.73. The highest BCUT2D eigenvalue weighted by molar-refractivity contribution is 6.71. The molecular formula is C15H24O2Si2. The zero-order chi connectivity index (χ0) is 14.3. The Balaban J connectivity index is 2.39. The molecule has 19 heavy (non-hydrogen) atoms. The highest BCUT2D eigenvalue weighted by Gasteiger charge is 2.31. The topological polar surface area (TPSA) is 18.5 Å². The molecule has 1 aliphatic rings. The average molecular weight is 293 g/mol. The fourth-order valence-corrected chi connectivity index (χ4v) is 3.91. The van der Waals surface area contributed by atoms with Crippen molar-refractivity contribution in [3.05, 3.63) is 41.2 Å². The Morgan fingerprint density at radius 1 is 0.842 bits per heavy atom. The van der Waals surface area contributed by atoms with Crippen LogP contribution in [0.3, 0.4) is 0 Å². The van der Waals surface area contributed by atoms with Gasteiger partial charge >= 0.3 is 0 Å². The van der Waals surface area contributed by atoms with Gasteiger partial charge < -0.3 is 8.85 Å². The Morgan fingerprint density at radius 2 is 1.42 bits per heavy atom. The summed E-state index contributed by atoms with van der Waals surface area (Å²) in [5, 5.41) is 0. The van der Waals surface area contributed by atoms with E-state index in [2.05, 4.69) is 63.5 Å². The van der Waals surface area contributed by atoms with Crippen LogP contribution in [0.2, 0.25) is 39.3 Å². The Morgan fingerprint density at radius 3 is 2.00 bits per heavy atom. The molecule has 2 nitrogen and oxygen atoms in total. The Labute approximate surface area is 118 Å². The molecule has 2 rings (SSSR count). The lowest BCUT2D eigenvalue weighted by atomic mass is 10.1. The van der Waals surface area contributed by atoms with E-state index >= 15 is 0 Å². The summed E-state index contributed by atoms with van der Waals surface area (Å²) in [7, 11) is -3.23. The van der Waals surface area contributed by atoms with Gasteiger partial charge in [-0.2, -0.15) is 0 Å². The number of fused-ring (bicyclic) bond motifs is 1. The molecule has 1 aromatic rings. The third-order valence-electron chi connectivity index (χ3n) is 2.70. The number of benzene rings is 1. The van der Waals surface area contributed by atoms with Gasteiger partial charge in [-0.15, -0.1) is 0 Å². The first kappa shape index (κ1) is 14.4. The van der Waals surface area contributed by atoms with Crippen LogP contribution in [0.15, 0.2) is 30.0 Å². The molecule has 0 aliphatic heterocycles. The van der Waals surface area contributed by atoms with Crippen LogP contribution in [0.25, 0.3) is 5.76 Å². The number of hydrogen-bond acceptors (Lipinski definition) is 2. The van der Waals surface area contributed by atoms with Gasteiger partial charge in [0, 0.05) is 12.0 Å². The van der Waals surface area contributed by atoms with E-state index in [9.17, 15) is 0 Å². The van der Waals surface area contributed by atoms with Gasteiger partial charge in [-0.25, -0.2) is 0 Å². The molecular weight excluding hydrogens is 268 g/mol. The average Bonchev–Trinajstić information content (AvgIpc) is 2.52. The molecule has 0 amide bonds. The fraction of sp³-hybridized carbons (Fsp3) is 0.467. The number of allylic oxidation sites excluding steroid dienone is 1. The summed E-state index contributed by atoms with van der Waals surface area (Å²) >= 11 is 0. The van der Waals surface area contributed by atoms with E-state index in [0.29, 0.717) is 0 Å². The van der Waals surface area contributed by atoms with Gasteiger partial charge in [0.2, 0.25) is 16.6 Å². The van der Waals surface area contributed by atoms with Crippen molar-refractivity contribution in [1.29, 1.82) is 0 Å². The first-order valence-electron chi connectivity index (χ1n) is 6.85. The van der Waals surface area contributed by atoms with E-state index in [1.54, 1.807) is 0 Å². The van der Waals surface area contributed by atoms with E-state index in [1.807, 2.05) is 0 Å². The highest BCUT2D eigenvalue weighted by atomic mass is 28.4. The largest absolute Gasteiger partial charge is 0.544 e. The lowest BCUT2D eigenvalue weighted by Crippen LogP contribution is -2.28. The van der Waals surface area contributed by atoms with Crippen LogP contribution < -0.4 is 0 Å². The second-order valence-corrected chi connectivity index (χ2v) is 15.9. The first-order valence-corrected chi connectivity index (χ1v) is 13.7. The maximum Gasteiger partial charge on any atom is 0.242 e. The molecule has 0 heterocycles. The summed E-state index contributed by atoms with van der Waals surface area (Å²) in [6.07, 6.45) is 0.875. The van der Waals surface area contributed by atoms with E-state index < -0.39 is 16.6 Å². The van der Waals surface area contributed by atoms with Crippen LogP contribution in [0.4, 0.5) is 0 Å². The van der Waals surface area contributed by atoms with Crippen LogP contribution in [-0.2, 0) is 15.3 Å². The second-order valence-electron chi connectivity index (χ2n) is 7.02. The van der Waals surface area contributed by atoms with Crippen molar-refractivity contribution in [3.8, 4) is 0 Å². The molecule has 0 aromatic heterocycles. The van der Waals surface area contributed by atoms with E-state index in [-0.39, 0.29) is 0 Å². The maximum absolute atomic E-state index is 6.30. The normalized spacial score (nSPS) is 15.5. The molecule has 0 saturated carbocycles. The van der Waals surface area contributed by atoms with Crippen molar-refractivity contribution < 1.29 is 8.85 Å². The zero-order valence-corrected chi connectivity index (χ0v) is 14.8. The van der Waals surface area contributed by atoms with E-state index in [4.69, 9.17) is 8.85 Å². The van der Waals surface area contributed by atoms with Crippen LogP contribution in [0, 0.1) is 0 Å². The monoisotopic (exact) mass is 292 g/mol. The molecule has 0 atom stereocenters. The third-order valence-corrected chi connectivity index (χ3v) is 4.38. The summed E-state index contributed by atoms with van der Waals surface area (Å²) in [4.78, 5) is 0.